The number of rotatable bonds is 10. The second-order valence-electron chi connectivity index (χ2n) is 33.9. The van der Waals surface area contributed by atoms with Crippen LogP contribution in [0, 0.1) is 0 Å². The zero-order chi connectivity index (χ0) is 73.8. The lowest BCUT2D eigenvalue weighted by molar-refractivity contribution is 0.659. The van der Waals surface area contributed by atoms with E-state index in [0.29, 0.717) is 0 Å². The molecule has 16 aromatic carbocycles. The highest BCUT2D eigenvalue weighted by molar-refractivity contribution is 6.23. The SMILES string of the molecule is CC1(C)c2ccccc2-c2ccc(-c3ccc4c(c3)C(C)(C)c3cc(-c5cccc(N(c6cccc(-c7ccc8c(c7)C(C)(C)c7cc(-c9ccc%10c(c9)C(C)(C)c9ccccc9-%10)ccc7-8)c6)c6c7ccccc7c(N(c7ccccc7)c7ccc8c(c7)C(C)(C)c7ccccc7-8)c7ccccc67)c5)ccc3-4)cc21. The maximum Gasteiger partial charge on any atom is 0.0619 e. The zero-order valence-electron chi connectivity index (χ0n) is 63.6. The summed E-state index contributed by atoms with van der Waals surface area (Å²) >= 11 is 0. The molecule has 0 saturated carbocycles. The normalized spacial score (nSPS) is 15.2. The van der Waals surface area contributed by atoms with Crippen molar-refractivity contribution in [1.29, 1.82) is 0 Å². The van der Waals surface area contributed by atoms with Crippen LogP contribution in [0.5, 0.6) is 0 Å². The lowest BCUT2D eigenvalue weighted by atomic mass is 9.80. The van der Waals surface area contributed by atoms with Gasteiger partial charge in [0.05, 0.1) is 11.4 Å². The van der Waals surface area contributed by atoms with Crippen LogP contribution >= 0.6 is 0 Å². The molecule has 2 nitrogen and oxygen atoms in total. The maximum atomic E-state index is 2.57. The molecule has 5 aliphatic rings. The van der Waals surface area contributed by atoms with Gasteiger partial charge in [-0.15, -0.1) is 0 Å². The summed E-state index contributed by atoms with van der Waals surface area (Å²) in [5.74, 6) is 0. The predicted octanol–water partition coefficient (Wildman–Crippen LogP) is 29.1. The summed E-state index contributed by atoms with van der Waals surface area (Å²) in [6, 6.07) is 125. The maximum absolute atomic E-state index is 2.57. The highest BCUT2D eigenvalue weighted by Gasteiger charge is 2.42. The fourth-order valence-electron chi connectivity index (χ4n) is 20.4. The van der Waals surface area contributed by atoms with Gasteiger partial charge in [0.25, 0.3) is 0 Å². The van der Waals surface area contributed by atoms with Crippen LogP contribution in [-0.2, 0) is 27.1 Å². The van der Waals surface area contributed by atoms with E-state index in [2.05, 4.69) is 407 Å². The molecule has 522 valence electrons. The van der Waals surface area contributed by atoms with E-state index in [0.717, 1.165) is 66.8 Å². The van der Waals surface area contributed by atoms with Crippen LogP contribution in [0.4, 0.5) is 34.1 Å². The fraction of sp³-hybridized carbons (Fsp3) is 0.140. The standard InChI is InChI=1S/C107H84N2/c1-103(2)91-39-21-18-32-77(91)80-49-44-69(60-94(80)103)71-46-53-84-82-51-42-67(58-96(82)106(7,8)98(84)62-71)65-26-24-30-74(56-65)109(75-31-25-27-66(57-75)68-43-52-83-85-54-47-72(63-99(85)107(9,10)97(83)59-68)70-45-50-81-78-33-19-22-40-92(78)104(3,4)95(81)61-70)102-89-37-16-14-35-87(89)101(88-36-15-17-38-90(88)102)108(73-28-12-11-13-29-73)76-48-55-86-79-34-20-23-41-93(79)105(5,6)100(86)64-76/h11-64H,1-10H3. The van der Waals surface area contributed by atoms with Crippen molar-refractivity contribution in [3.05, 3.63) is 383 Å². The molecule has 0 spiro atoms. The number of fused-ring (bicyclic) bond motifs is 17. The third-order valence-corrected chi connectivity index (χ3v) is 26.2. The lowest BCUT2D eigenvalue weighted by Crippen LogP contribution is -2.17. The first-order chi connectivity index (χ1) is 52.8. The van der Waals surface area contributed by atoms with Gasteiger partial charge in [-0.1, -0.05) is 312 Å². The van der Waals surface area contributed by atoms with Gasteiger partial charge in [0, 0.05) is 71.4 Å². The summed E-state index contributed by atoms with van der Waals surface area (Å²) in [5.41, 5.74) is 42.5. The van der Waals surface area contributed by atoms with Crippen LogP contribution in [0.25, 0.3) is 122 Å². The summed E-state index contributed by atoms with van der Waals surface area (Å²) in [6.07, 6.45) is 0. The van der Waals surface area contributed by atoms with E-state index in [1.165, 1.54) is 145 Å². The second-order valence-corrected chi connectivity index (χ2v) is 33.9. The Balaban J connectivity index is 0.700. The highest BCUT2D eigenvalue weighted by Crippen LogP contribution is 2.59. The van der Waals surface area contributed by atoms with Crippen molar-refractivity contribution >= 4 is 55.7 Å². The van der Waals surface area contributed by atoms with Crippen molar-refractivity contribution in [2.45, 2.75) is 96.3 Å². The zero-order valence-corrected chi connectivity index (χ0v) is 63.6. The molecule has 2 heteroatoms. The van der Waals surface area contributed by atoms with Crippen LogP contribution in [0.3, 0.4) is 0 Å². The third kappa shape index (κ3) is 9.47. The minimum atomic E-state index is -0.256. The van der Waals surface area contributed by atoms with Gasteiger partial charge >= 0.3 is 0 Å². The van der Waals surface area contributed by atoms with E-state index in [9.17, 15) is 0 Å². The number of anilines is 6. The lowest BCUT2D eigenvalue weighted by Gasteiger charge is -2.33. The van der Waals surface area contributed by atoms with E-state index >= 15 is 0 Å². The van der Waals surface area contributed by atoms with Gasteiger partial charge in [-0.3, -0.25) is 0 Å². The highest BCUT2D eigenvalue weighted by atomic mass is 15.2. The van der Waals surface area contributed by atoms with Crippen LogP contribution in [0.2, 0.25) is 0 Å². The second kappa shape index (κ2) is 23.3. The Morgan fingerprint density at radius 1 is 0.156 bits per heavy atom. The van der Waals surface area contributed by atoms with Gasteiger partial charge in [-0.05, 0) is 241 Å². The van der Waals surface area contributed by atoms with E-state index < -0.39 is 0 Å². The number of nitrogens with zero attached hydrogens (tertiary/aromatic N) is 2. The van der Waals surface area contributed by atoms with Gasteiger partial charge in [-0.2, -0.15) is 0 Å². The van der Waals surface area contributed by atoms with Gasteiger partial charge < -0.3 is 9.80 Å². The molecule has 0 bridgehead atoms. The minimum Gasteiger partial charge on any atom is -0.309 e. The molecule has 0 unspecified atom stereocenters. The Morgan fingerprint density at radius 2 is 0.376 bits per heavy atom. The molecule has 0 aromatic heterocycles. The van der Waals surface area contributed by atoms with Crippen LogP contribution in [0.15, 0.2) is 328 Å². The van der Waals surface area contributed by atoms with Gasteiger partial charge in [0.2, 0.25) is 0 Å². The molecular formula is C107H84N2. The van der Waals surface area contributed by atoms with E-state index in [1.807, 2.05) is 0 Å². The third-order valence-electron chi connectivity index (χ3n) is 26.2. The molecule has 5 aliphatic carbocycles. The summed E-state index contributed by atoms with van der Waals surface area (Å²) in [5, 5.41) is 4.61. The average molecular weight is 1400 g/mol. The number of hydrogen-bond acceptors (Lipinski definition) is 2. The first kappa shape index (κ1) is 65.0. The van der Waals surface area contributed by atoms with E-state index in [4.69, 9.17) is 0 Å². The van der Waals surface area contributed by atoms with E-state index in [1.54, 1.807) is 0 Å². The summed E-state index contributed by atoms with van der Waals surface area (Å²) < 4.78 is 0. The summed E-state index contributed by atoms with van der Waals surface area (Å²) in [4.78, 5) is 5.10. The molecule has 0 radical (unpaired) electrons. The average Bonchev–Trinajstić information content (AvgIpc) is 1.61. The quantitative estimate of drug-likeness (QED) is 0.0995. The number of benzene rings is 16. The Kier molecular flexibility index (Phi) is 13.9. The Hall–Kier alpha value is -12.4. The molecule has 0 amide bonds. The molecule has 0 atom stereocenters. The van der Waals surface area contributed by atoms with Crippen LogP contribution in [0.1, 0.15) is 125 Å². The first-order valence-corrected chi connectivity index (χ1v) is 38.9. The van der Waals surface area contributed by atoms with Gasteiger partial charge in [-0.25, -0.2) is 0 Å². The molecule has 0 aliphatic heterocycles. The molecule has 0 fully saturated rings. The monoisotopic (exact) mass is 1400 g/mol. The smallest absolute Gasteiger partial charge is 0.0619 e. The molecule has 16 aromatic rings. The number of hydrogen-bond donors (Lipinski definition) is 0. The van der Waals surface area contributed by atoms with Gasteiger partial charge in [0.1, 0.15) is 0 Å². The molecular weight excluding hydrogens is 1310 g/mol. The molecule has 0 saturated heterocycles. The summed E-state index contributed by atoms with van der Waals surface area (Å²) in [7, 11) is 0. The topological polar surface area (TPSA) is 6.48 Å². The summed E-state index contributed by atoms with van der Waals surface area (Å²) in [6.45, 7) is 24.0. The van der Waals surface area contributed by atoms with Crippen molar-refractivity contribution in [1.82, 2.24) is 0 Å². The molecule has 0 N–H and O–H groups in total. The van der Waals surface area contributed by atoms with Crippen LogP contribution in [-0.4, -0.2) is 0 Å². The predicted molar refractivity (Wildman–Crippen MR) is 460 cm³/mol. The van der Waals surface area contributed by atoms with Crippen molar-refractivity contribution in [2.75, 3.05) is 9.80 Å². The first-order valence-electron chi connectivity index (χ1n) is 38.9. The van der Waals surface area contributed by atoms with Crippen LogP contribution < -0.4 is 9.80 Å². The van der Waals surface area contributed by atoms with Crippen molar-refractivity contribution in [2.24, 2.45) is 0 Å². The minimum absolute atomic E-state index is 0.0758. The Labute approximate surface area is 641 Å². The Morgan fingerprint density at radius 3 is 0.697 bits per heavy atom. The molecule has 0 heterocycles. The van der Waals surface area contributed by atoms with Gasteiger partial charge in [0.15, 0.2) is 0 Å². The van der Waals surface area contributed by atoms with Crippen molar-refractivity contribution in [3.8, 4) is 100 Å². The van der Waals surface area contributed by atoms with E-state index in [-0.39, 0.29) is 27.1 Å². The fourth-order valence-corrected chi connectivity index (χ4v) is 20.4. The number of para-hydroxylation sites is 1. The Bertz CT molecular complexity index is 6270. The van der Waals surface area contributed by atoms with Crippen molar-refractivity contribution in [3.63, 3.8) is 0 Å². The van der Waals surface area contributed by atoms with Crippen molar-refractivity contribution < 1.29 is 0 Å². The molecule has 21 rings (SSSR count). The molecule has 109 heavy (non-hydrogen) atoms. The largest absolute Gasteiger partial charge is 0.309 e.